The van der Waals surface area contributed by atoms with E-state index in [4.69, 9.17) is 15.7 Å². The molecule has 0 aromatic heterocycles. The van der Waals surface area contributed by atoms with Crippen molar-refractivity contribution in [2.75, 3.05) is 20.3 Å². The third-order valence-corrected chi connectivity index (χ3v) is 3.83. The minimum atomic E-state index is -0.665. The third kappa shape index (κ3) is 2.67. The Morgan fingerprint density at radius 3 is 3.00 bits per heavy atom. The molecule has 20 heavy (non-hydrogen) atoms. The molecule has 1 saturated heterocycles. The molecule has 1 aliphatic heterocycles. The average molecular weight is 273 g/mol. The fourth-order valence-corrected chi connectivity index (χ4v) is 2.43. The summed E-state index contributed by atoms with van der Waals surface area (Å²) >= 11 is 0. The highest BCUT2D eigenvalue weighted by Crippen LogP contribution is 2.29. The predicted molar refractivity (Wildman–Crippen MR) is 74.5 cm³/mol. The van der Waals surface area contributed by atoms with E-state index < -0.39 is 5.41 Å². The van der Waals surface area contributed by atoms with Crippen LogP contribution in [0.5, 0.6) is 0 Å². The van der Waals surface area contributed by atoms with Gasteiger partial charge >= 0.3 is 0 Å². The quantitative estimate of drug-likeness (QED) is 0.886. The van der Waals surface area contributed by atoms with Gasteiger partial charge in [0.05, 0.1) is 30.3 Å². The van der Waals surface area contributed by atoms with Crippen LogP contribution in [0, 0.1) is 16.7 Å². The number of hydrogen-bond donors (Lipinski definition) is 1. The summed E-state index contributed by atoms with van der Waals surface area (Å²) in [5.41, 5.74) is 6.83. The molecule has 5 nitrogen and oxygen atoms in total. The lowest BCUT2D eigenvalue weighted by Crippen LogP contribution is -2.50. The number of nitrogens with zero attached hydrogens (tertiary/aromatic N) is 2. The summed E-state index contributed by atoms with van der Waals surface area (Å²) in [5, 5.41) is 8.89. The van der Waals surface area contributed by atoms with Crippen LogP contribution in [0.3, 0.4) is 0 Å². The average Bonchev–Trinajstić information content (AvgIpc) is 2.79. The molecule has 1 aromatic carbocycles. The lowest BCUT2D eigenvalue weighted by Gasteiger charge is -2.30. The Hall–Kier alpha value is -1.90. The van der Waals surface area contributed by atoms with Gasteiger partial charge < -0.3 is 15.4 Å². The molecular weight excluding hydrogens is 254 g/mol. The topological polar surface area (TPSA) is 79.3 Å². The zero-order valence-electron chi connectivity index (χ0n) is 11.8. The summed E-state index contributed by atoms with van der Waals surface area (Å²) in [6.07, 6.45) is 0. The van der Waals surface area contributed by atoms with Gasteiger partial charge in [0.15, 0.2) is 0 Å². The van der Waals surface area contributed by atoms with Crippen LogP contribution in [0.15, 0.2) is 24.3 Å². The Morgan fingerprint density at radius 1 is 1.65 bits per heavy atom. The third-order valence-electron chi connectivity index (χ3n) is 3.83. The summed E-state index contributed by atoms with van der Waals surface area (Å²) in [6, 6.07) is 9.07. The molecular formula is C15H19N3O2. The number of carbonyl (C=O) groups is 1. The number of nitrogens with two attached hydrogens (primary N) is 1. The summed E-state index contributed by atoms with van der Waals surface area (Å²) in [6.45, 7) is 3.07. The fourth-order valence-electron chi connectivity index (χ4n) is 2.43. The minimum Gasteiger partial charge on any atom is -0.379 e. The van der Waals surface area contributed by atoms with Gasteiger partial charge in [-0.2, -0.15) is 5.26 Å². The molecule has 1 aliphatic rings. The van der Waals surface area contributed by atoms with Gasteiger partial charge in [-0.15, -0.1) is 0 Å². The van der Waals surface area contributed by atoms with Gasteiger partial charge in [0, 0.05) is 19.6 Å². The van der Waals surface area contributed by atoms with Crippen molar-refractivity contribution in [3.63, 3.8) is 0 Å². The molecule has 2 rings (SSSR count). The molecule has 1 fully saturated rings. The van der Waals surface area contributed by atoms with Crippen LogP contribution in [0.25, 0.3) is 0 Å². The summed E-state index contributed by atoms with van der Waals surface area (Å²) < 4.78 is 5.31. The van der Waals surface area contributed by atoms with Gasteiger partial charge in [0.25, 0.3) is 0 Å². The Labute approximate surface area is 118 Å². The summed E-state index contributed by atoms with van der Waals surface area (Å²) in [5.74, 6) is -0.0233. The number of rotatable bonds is 3. The van der Waals surface area contributed by atoms with Crippen molar-refractivity contribution in [3.05, 3.63) is 35.4 Å². The number of benzene rings is 1. The monoisotopic (exact) mass is 273 g/mol. The van der Waals surface area contributed by atoms with E-state index in [1.165, 1.54) is 0 Å². The van der Waals surface area contributed by atoms with Gasteiger partial charge in [-0.1, -0.05) is 12.1 Å². The van der Waals surface area contributed by atoms with E-state index in [0.29, 0.717) is 25.3 Å². The standard InChI is InChI=1S/C15H19N3O2/c1-15(10-20-9-13(15)17)14(19)18(2)8-12-5-3-4-11(6-12)7-16/h3-6,13H,8-10,17H2,1-2H3. The van der Waals surface area contributed by atoms with Crippen LogP contribution >= 0.6 is 0 Å². The Kier molecular flexibility index (Phi) is 4.07. The smallest absolute Gasteiger partial charge is 0.232 e. The van der Waals surface area contributed by atoms with E-state index in [0.717, 1.165) is 5.56 Å². The van der Waals surface area contributed by atoms with Crippen molar-refractivity contribution in [1.82, 2.24) is 4.90 Å². The van der Waals surface area contributed by atoms with Crippen LogP contribution in [0.4, 0.5) is 0 Å². The van der Waals surface area contributed by atoms with Gasteiger partial charge in [0.1, 0.15) is 0 Å². The van der Waals surface area contributed by atoms with E-state index in [-0.39, 0.29) is 11.9 Å². The molecule has 0 spiro atoms. The van der Waals surface area contributed by atoms with Crippen LogP contribution in [-0.4, -0.2) is 37.1 Å². The molecule has 2 unspecified atom stereocenters. The van der Waals surface area contributed by atoms with Crippen molar-refractivity contribution in [3.8, 4) is 6.07 Å². The summed E-state index contributed by atoms with van der Waals surface area (Å²) in [7, 11) is 1.75. The largest absolute Gasteiger partial charge is 0.379 e. The van der Waals surface area contributed by atoms with E-state index in [9.17, 15) is 4.79 Å². The second-order valence-electron chi connectivity index (χ2n) is 5.51. The highest BCUT2D eigenvalue weighted by molar-refractivity contribution is 5.83. The number of ether oxygens (including phenoxy) is 1. The first kappa shape index (κ1) is 14.5. The number of nitriles is 1. The highest BCUT2D eigenvalue weighted by atomic mass is 16.5. The molecule has 106 valence electrons. The minimum absolute atomic E-state index is 0.0233. The first-order valence-corrected chi connectivity index (χ1v) is 6.55. The summed E-state index contributed by atoms with van der Waals surface area (Å²) in [4.78, 5) is 14.2. The molecule has 1 amide bonds. The molecule has 1 aromatic rings. The molecule has 0 bridgehead atoms. The van der Waals surface area contributed by atoms with Crippen molar-refractivity contribution < 1.29 is 9.53 Å². The SMILES string of the molecule is CN(Cc1cccc(C#N)c1)C(=O)C1(C)COCC1N. The van der Waals surface area contributed by atoms with Crippen LogP contribution < -0.4 is 5.73 Å². The number of hydrogen-bond acceptors (Lipinski definition) is 4. The Bertz CT molecular complexity index is 552. The number of amides is 1. The first-order valence-electron chi connectivity index (χ1n) is 6.55. The van der Waals surface area contributed by atoms with Gasteiger partial charge in [0.2, 0.25) is 5.91 Å². The van der Waals surface area contributed by atoms with E-state index in [2.05, 4.69) is 6.07 Å². The van der Waals surface area contributed by atoms with E-state index in [1.54, 1.807) is 24.1 Å². The van der Waals surface area contributed by atoms with Crippen molar-refractivity contribution in [1.29, 1.82) is 5.26 Å². The molecule has 1 heterocycles. The maximum absolute atomic E-state index is 12.5. The second kappa shape index (κ2) is 5.61. The van der Waals surface area contributed by atoms with E-state index in [1.807, 2.05) is 19.1 Å². The van der Waals surface area contributed by atoms with Gasteiger partial charge in [-0.3, -0.25) is 4.79 Å². The maximum atomic E-state index is 12.5. The molecule has 2 atom stereocenters. The van der Waals surface area contributed by atoms with Crippen molar-refractivity contribution >= 4 is 5.91 Å². The van der Waals surface area contributed by atoms with Crippen LogP contribution in [-0.2, 0) is 16.1 Å². The predicted octanol–water partition coefficient (Wildman–Crippen LogP) is 0.880. The Morgan fingerprint density at radius 2 is 2.40 bits per heavy atom. The van der Waals surface area contributed by atoms with Gasteiger partial charge in [-0.25, -0.2) is 0 Å². The zero-order valence-corrected chi connectivity index (χ0v) is 11.8. The zero-order chi connectivity index (χ0) is 14.8. The Balaban J connectivity index is 2.10. The lowest BCUT2D eigenvalue weighted by molar-refractivity contribution is -0.140. The second-order valence-corrected chi connectivity index (χ2v) is 5.51. The molecule has 0 radical (unpaired) electrons. The fraction of sp³-hybridized carbons (Fsp3) is 0.467. The first-order chi connectivity index (χ1) is 9.47. The lowest BCUT2D eigenvalue weighted by atomic mass is 9.84. The van der Waals surface area contributed by atoms with Crippen molar-refractivity contribution in [2.45, 2.75) is 19.5 Å². The van der Waals surface area contributed by atoms with Crippen LogP contribution in [0.2, 0.25) is 0 Å². The maximum Gasteiger partial charge on any atom is 0.232 e. The van der Waals surface area contributed by atoms with Crippen LogP contribution in [0.1, 0.15) is 18.1 Å². The molecule has 0 aliphatic carbocycles. The van der Waals surface area contributed by atoms with E-state index >= 15 is 0 Å². The molecule has 2 N–H and O–H groups in total. The van der Waals surface area contributed by atoms with Crippen molar-refractivity contribution in [2.24, 2.45) is 11.1 Å². The highest BCUT2D eigenvalue weighted by Gasteiger charge is 2.45. The normalized spacial score (nSPS) is 25.2. The number of carbonyl (C=O) groups excluding carboxylic acids is 1. The molecule has 5 heteroatoms. The van der Waals surface area contributed by atoms with Gasteiger partial charge in [-0.05, 0) is 24.6 Å². The molecule has 0 saturated carbocycles.